The van der Waals surface area contributed by atoms with E-state index in [2.05, 4.69) is 79.2 Å². The molecule has 18 heavy (non-hydrogen) atoms. The van der Waals surface area contributed by atoms with Crippen molar-refractivity contribution in [3.63, 3.8) is 0 Å². The minimum Gasteiger partial charge on any atom is -0.0842 e. The molecule has 1 atom stereocenters. The molecule has 2 aromatic carbocycles. The van der Waals surface area contributed by atoms with Crippen molar-refractivity contribution in [3.05, 3.63) is 59.2 Å². The van der Waals surface area contributed by atoms with Crippen LogP contribution >= 0.6 is 15.9 Å². The summed E-state index contributed by atoms with van der Waals surface area (Å²) in [7, 11) is 0. The molecule has 0 spiro atoms. The van der Waals surface area contributed by atoms with Crippen LogP contribution in [-0.4, -0.2) is 0 Å². The predicted molar refractivity (Wildman–Crippen MR) is 81.3 cm³/mol. The van der Waals surface area contributed by atoms with Gasteiger partial charge in [-0.2, -0.15) is 0 Å². The summed E-state index contributed by atoms with van der Waals surface area (Å²) in [6.45, 7) is 6.86. The number of fused-ring (bicyclic) bond motifs is 3. The Morgan fingerprint density at radius 2 is 1.61 bits per heavy atom. The molecule has 1 aliphatic rings. The van der Waals surface area contributed by atoms with E-state index in [1.807, 2.05) is 0 Å². The summed E-state index contributed by atoms with van der Waals surface area (Å²) in [5.74, 6) is 0. The van der Waals surface area contributed by atoms with Crippen molar-refractivity contribution in [2.45, 2.75) is 31.0 Å². The first-order chi connectivity index (χ1) is 8.53. The highest BCUT2D eigenvalue weighted by atomic mass is 79.9. The third-order valence-corrected chi connectivity index (χ3v) is 4.53. The molecular formula is C17H17Br. The molecule has 0 aromatic heterocycles. The summed E-state index contributed by atoms with van der Waals surface area (Å²) in [6, 6.07) is 15.4. The van der Waals surface area contributed by atoms with Crippen LogP contribution in [0.5, 0.6) is 0 Å². The molecule has 0 aliphatic heterocycles. The number of alkyl halides is 1. The zero-order valence-electron chi connectivity index (χ0n) is 11.0. The molecule has 1 unspecified atom stereocenters. The molecule has 0 bridgehead atoms. The van der Waals surface area contributed by atoms with Gasteiger partial charge in [0.2, 0.25) is 0 Å². The molecule has 0 heterocycles. The summed E-state index contributed by atoms with van der Waals surface area (Å²) in [5.41, 5.74) is 7.24. The van der Waals surface area contributed by atoms with Gasteiger partial charge in [0.05, 0.1) is 0 Å². The van der Waals surface area contributed by atoms with Crippen LogP contribution in [0.4, 0.5) is 0 Å². The normalized spacial score (nSPS) is 17.1. The minimum absolute atomic E-state index is 0.102. The van der Waals surface area contributed by atoms with Crippen molar-refractivity contribution in [1.82, 2.24) is 0 Å². The fourth-order valence-corrected chi connectivity index (χ4v) is 3.60. The smallest absolute Gasteiger partial charge is 0.0370 e. The number of rotatable bonds is 1. The van der Waals surface area contributed by atoms with Gasteiger partial charge in [0.15, 0.2) is 0 Å². The van der Waals surface area contributed by atoms with Crippen LogP contribution in [0.15, 0.2) is 42.5 Å². The largest absolute Gasteiger partial charge is 0.0842 e. The first-order valence-corrected chi connectivity index (χ1v) is 7.32. The van der Waals surface area contributed by atoms with Gasteiger partial charge in [0, 0.05) is 10.2 Å². The van der Waals surface area contributed by atoms with E-state index in [1.54, 1.807) is 0 Å². The average molecular weight is 301 g/mol. The van der Waals surface area contributed by atoms with Crippen molar-refractivity contribution in [1.29, 1.82) is 0 Å². The van der Waals surface area contributed by atoms with Crippen molar-refractivity contribution in [2.24, 2.45) is 0 Å². The van der Waals surface area contributed by atoms with Gasteiger partial charge >= 0.3 is 0 Å². The lowest BCUT2D eigenvalue weighted by atomic mass is 9.80. The zero-order chi connectivity index (χ0) is 12.9. The Balaban J connectivity index is 2.38. The van der Waals surface area contributed by atoms with E-state index in [0.717, 1.165) is 0 Å². The highest BCUT2D eigenvalue weighted by molar-refractivity contribution is 9.09. The fourth-order valence-electron chi connectivity index (χ4n) is 3.22. The van der Waals surface area contributed by atoms with E-state index in [9.17, 15) is 0 Å². The molecule has 1 aliphatic carbocycles. The first kappa shape index (κ1) is 12.0. The number of halogens is 1. The zero-order valence-corrected chi connectivity index (χ0v) is 12.6. The number of hydrogen-bond donors (Lipinski definition) is 0. The Kier molecular flexibility index (Phi) is 2.63. The standard InChI is InChI=1S/C17H17Br/c1-11(18)12-8-6-9-14-13-7-4-5-10-15(13)17(2,3)16(12)14/h4-11H,1-3H3. The summed E-state index contributed by atoms with van der Waals surface area (Å²) in [6.07, 6.45) is 0. The maximum absolute atomic E-state index is 3.73. The summed E-state index contributed by atoms with van der Waals surface area (Å²) >= 11 is 3.73. The molecule has 1 heteroatoms. The molecule has 0 nitrogen and oxygen atoms in total. The monoisotopic (exact) mass is 300 g/mol. The van der Waals surface area contributed by atoms with Gasteiger partial charge < -0.3 is 0 Å². The second-order valence-corrected chi connectivity index (χ2v) is 6.93. The van der Waals surface area contributed by atoms with E-state index in [1.165, 1.54) is 27.8 Å². The lowest BCUT2D eigenvalue weighted by Crippen LogP contribution is -2.17. The third kappa shape index (κ3) is 1.50. The van der Waals surface area contributed by atoms with Crippen LogP contribution in [-0.2, 0) is 5.41 Å². The van der Waals surface area contributed by atoms with E-state index in [0.29, 0.717) is 4.83 Å². The Hall–Kier alpha value is -1.08. The molecule has 0 fully saturated rings. The van der Waals surface area contributed by atoms with Crippen molar-refractivity contribution in [2.75, 3.05) is 0 Å². The van der Waals surface area contributed by atoms with E-state index in [4.69, 9.17) is 0 Å². The number of hydrogen-bond acceptors (Lipinski definition) is 0. The molecule has 0 radical (unpaired) electrons. The maximum Gasteiger partial charge on any atom is 0.0370 e. The van der Waals surface area contributed by atoms with Crippen LogP contribution in [0, 0.1) is 0 Å². The van der Waals surface area contributed by atoms with Gasteiger partial charge in [-0.15, -0.1) is 0 Å². The maximum atomic E-state index is 3.73. The van der Waals surface area contributed by atoms with Gasteiger partial charge in [-0.3, -0.25) is 0 Å². The average Bonchev–Trinajstić information content (AvgIpc) is 2.60. The Bertz CT molecular complexity index is 609. The molecular weight excluding hydrogens is 284 g/mol. The van der Waals surface area contributed by atoms with Gasteiger partial charge in [-0.25, -0.2) is 0 Å². The lowest BCUT2D eigenvalue weighted by Gasteiger charge is -2.25. The Labute approximate surface area is 117 Å². The van der Waals surface area contributed by atoms with Gasteiger partial charge in [0.25, 0.3) is 0 Å². The minimum atomic E-state index is 0.102. The van der Waals surface area contributed by atoms with Gasteiger partial charge in [-0.05, 0) is 34.7 Å². The van der Waals surface area contributed by atoms with E-state index < -0.39 is 0 Å². The highest BCUT2D eigenvalue weighted by Gasteiger charge is 2.37. The van der Waals surface area contributed by atoms with Crippen LogP contribution in [0.1, 0.15) is 42.3 Å². The van der Waals surface area contributed by atoms with Crippen LogP contribution < -0.4 is 0 Å². The van der Waals surface area contributed by atoms with E-state index in [-0.39, 0.29) is 5.41 Å². The van der Waals surface area contributed by atoms with Crippen molar-refractivity contribution < 1.29 is 0 Å². The van der Waals surface area contributed by atoms with Crippen molar-refractivity contribution >= 4 is 15.9 Å². The first-order valence-electron chi connectivity index (χ1n) is 6.41. The topological polar surface area (TPSA) is 0 Å². The second kappa shape index (κ2) is 3.96. The van der Waals surface area contributed by atoms with Gasteiger partial charge in [0.1, 0.15) is 0 Å². The van der Waals surface area contributed by atoms with Crippen molar-refractivity contribution in [3.8, 4) is 11.1 Å². The summed E-state index contributed by atoms with van der Waals surface area (Å²) in [5, 5.41) is 0. The third-order valence-electron chi connectivity index (χ3n) is 4.04. The Morgan fingerprint density at radius 3 is 2.33 bits per heavy atom. The second-order valence-electron chi connectivity index (χ2n) is 5.56. The molecule has 2 aromatic rings. The molecule has 0 saturated carbocycles. The quantitative estimate of drug-likeness (QED) is 0.614. The molecule has 0 amide bonds. The summed E-state index contributed by atoms with van der Waals surface area (Å²) in [4.78, 5) is 0.390. The summed E-state index contributed by atoms with van der Waals surface area (Å²) < 4.78 is 0. The molecule has 92 valence electrons. The van der Waals surface area contributed by atoms with Crippen LogP contribution in [0.3, 0.4) is 0 Å². The predicted octanol–water partition coefficient (Wildman–Crippen LogP) is 5.45. The molecule has 0 saturated heterocycles. The fraction of sp³-hybridized carbons (Fsp3) is 0.294. The molecule has 0 N–H and O–H groups in total. The SMILES string of the molecule is CC(Br)c1cccc2c1C(C)(C)c1ccccc1-2. The van der Waals surface area contributed by atoms with Gasteiger partial charge in [-0.1, -0.05) is 72.2 Å². The molecule has 3 rings (SSSR count). The van der Waals surface area contributed by atoms with E-state index >= 15 is 0 Å². The highest BCUT2D eigenvalue weighted by Crippen LogP contribution is 2.51. The van der Waals surface area contributed by atoms with Crippen LogP contribution in [0.25, 0.3) is 11.1 Å². The Morgan fingerprint density at radius 1 is 0.944 bits per heavy atom. The lowest BCUT2D eigenvalue weighted by molar-refractivity contribution is 0.651. The van der Waals surface area contributed by atoms with Crippen LogP contribution in [0.2, 0.25) is 0 Å². The number of benzene rings is 2.